The summed E-state index contributed by atoms with van der Waals surface area (Å²) in [6.07, 6.45) is 4.16. The second-order valence-corrected chi connectivity index (χ2v) is 7.05. The summed E-state index contributed by atoms with van der Waals surface area (Å²) in [7, 11) is -3.34. The van der Waals surface area contributed by atoms with Crippen molar-refractivity contribution in [1.29, 1.82) is 0 Å². The van der Waals surface area contributed by atoms with Gasteiger partial charge in [0, 0.05) is 19.6 Å². The molecule has 1 saturated heterocycles. The highest BCUT2D eigenvalue weighted by Gasteiger charge is 2.25. The summed E-state index contributed by atoms with van der Waals surface area (Å²) in [5.41, 5.74) is 7.55. The van der Waals surface area contributed by atoms with Gasteiger partial charge in [0.1, 0.15) is 0 Å². The summed E-state index contributed by atoms with van der Waals surface area (Å²) in [6, 6.07) is 5.23. The van der Waals surface area contributed by atoms with E-state index in [1.54, 1.807) is 16.4 Å². The van der Waals surface area contributed by atoms with Crippen LogP contribution in [0, 0.1) is 6.92 Å². The summed E-state index contributed by atoms with van der Waals surface area (Å²) >= 11 is 0. The smallest absolute Gasteiger partial charge is 0.243 e. The molecule has 2 N–H and O–H groups in total. The van der Waals surface area contributed by atoms with Crippen LogP contribution in [-0.4, -0.2) is 25.8 Å². The van der Waals surface area contributed by atoms with Crippen molar-refractivity contribution in [3.8, 4) is 0 Å². The molecule has 5 heteroatoms. The lowest BCUT2D eigenvalue weighted by molar-refractivity contribution is 0.423. The van der Waals surface area contributed by atoms with Gasteiger partial charge in [-0.05, 0) is 43.0 Å². The van der Waals surface area contributed by atoms with E-state index in [1.165, 1.54) is 0 Å². The Labute approximate surface area is 115 Å². The fourth-order valence-electron chi connectivity index (χ4n) is 2.49. The topological polar surface area (TPSA) is 63.4 Å². The zero-order valence-electron chi connectivity index (χ0n) is 11.4. The number of nitrogens with two attached hydrogens (primary N) is 1. The number of benzene rings is 1. The number of nitrogens with zero attached hydrogens (tertiary/aromatic N) is 1. The first-order valence-electron chi connectivity index (χ1n) is 6.85. The lowest BCUT2D eigenvalue weighted by Crippen LogP contribution is -2.32. The first-order valence-corrected chi connectivity index (χ1v) is 8.29. The molecule has 0 radical (unpaired) electrons. The maximum absolute atomic E-state index is 12.6. The number of sulfonamides is 1. The van der Waals surface area contributed by atoms with Gasteiger partial charge in [0.2, 0.25) is 10.0 Å². The van der Waals surface area contributed by atoms with Gasteiger partial charge in [-0.15, -0.1) is 0 Å². The largest absolute Gasteiger partial charge is 0.326 e. The van der Waals surface area contributed by atoms with E-state index in [1.807, 2.05) is 13.0 Å². The van der Waals surface area contributed by atoms with Crippen LogP contribution < -0.4 is 5.73 Å². The fourth-order valence-corrected chi connectivity index (χ4v) is 4.09. The van der Waals surface area contributed by atoms with E-state index in [0.29, 0.717) is 24.5 Å². The zero-order chi connectivity index (χ0) is 13.9. The van der Waals surface area contributed by atoms with Gasteiger partial charge >= 0.3 is 0 Å². The van der Waals surface area contributed by atoms with Crippen molar-refractivity contribution in [2.45, 2.75) is 44.0 Å². The highest BCUT2D eigenvalue weighted by atomic mass is 32.2. The van der Waals surface area contributed by atoms with Crippen LogP contribution in [0.4, 0.5) is 0 Å². The summed E-state index contributed by atoms with van der Waals surface area (Å²) in [5, 5.41) is 0. The first-order chi connectivity index (χ1) is 9.05. The molecule has 0 spiro atoms. The molecule has 0 unspecified atom stereocenters. The molecule has 2 rings (SSSR count). The van der Waals surface area contributed by atoms with Crippen LogP contribution in [0.3, 0.4) is 0 Å². The highest BCUT2D eigenvalue weighted by molar-refractivity contribution is 7.89. The van der Waals surface area contributed by atoms with Crippen molar-refractivity contribution in [1.82, 2.24) is 4.31 Å². The van der Waals surface area contributed by atoms with Gasteiger partial charge in [0.15, 0.2) is 0 Å². The quantitative estimate of drug-likeness (QED) is 0.922. The number of aryl methyl sites for hydroxylation is 1. The Bertz CT molecular complexity index is 532. The van der Waals surface area contributed by atoms with Crippen molar-refractivity contribution in [3.05, 3.63) is 29.3 Å². The van der Waals surface area contributed by atoms with Crippen molar-refractivity contribution in [2.75, 3.05) is 13.1 Å². The van der Waals surface area contributed by atoms with Gasteiger partial charge in [0.25, 0.3) is 0 Å². The Morgan fingerprint density at radius 3 is 2.32 bits per heavy atom. The summed E-state index contributed by atoms with van der Waals surface area (Å²) in [6.45, 7) is 3.62. The lowest BCUT2D eigenvalue weighted by Gasteiger charge is -2.20. The van der Waals surface area contributed by atoms with Gasteiger partial charge in [0.05, 0.1) is 4.90 Å². The molecular formula is C14H22N2O2S. The standard InChI is InChI=1S/C14H22N2O2S/c1-12-10-14(7-6-13(12)11-15)19(17,18)16-8-4-2-3-5-9-16/h6-7,10H,2-5,8-9,11,15H2,1H3. The third-order valence-corrected chi connectivity index (χ3v) is 5.63. The fraction of sp³-hybridized carbons (Fsp3) is 0.571. The molecule has 1 aliphatic heterocycles. The Hall–Kier alpha value is -0.910. The second-order valence-electron chi connectivity index (χ2n) is 5.11. The Kier molecular flexibility index (Phi) is 4.60. The van der Waals surface area contributed by atoms with Gasteiger partial charge in [-0.3, -0.25) is 0 Å². The molecule has 19 heavy (non-hydrogen) atoms. The summed E-state index contributed by atoms with van der Waals surface area (Å²) in [5.74, 6) is 0. The van der Waals surface area contributed by atoms with Gasteiger partial charge < -0.3 is 5.73 Å². The van der Waals surface area contributed by atoms with E-state index in [-0.39, 0.29) is 0 Å². The second kappa shape index (κ2) is 6.03. The van der Waals surface area contributed by atoms with Crippen LogP contribution in [0.25, 0.3) is 0 Å². The average molecular weight is 282 g/mol. The molecule has 0 amide bonds. The van der Waals surface area contributed by atoms with E-state index in [4.69, 9.17) is 5.73 Å². The Morgan fingerprint density at radius 1 is 1.16 bits per heavy atom. The molecule has 0 atom stereocenters. The van der Waals surface area contributed by atoms with Crippen LogP contribution in [0.1, 0.15) is 36.8 Å². The molecule has 1 aliphatic rings. The molecule has 4 nitrogen and oxygen atoms in total. The van der Waals surface area contributed by atoms with Gasteiger partial charge in [-0.2, -0.15) is 4.31 Å². The van der Waals surface area contributed by atoms with Gasteiger partial charge in [-0.25, -0.2) is 8.42 Å². The number of hydrogen-bond donors (Lipinski definition) is 1. The predicted molar refractivity (Wildman–Crippen MR) is 76.3 cm³/mol. The average Bonchev–Trinajstić information content (AvgIpc) is 2.67. The molecule has 1 fully saturated rings. The molecule has 1 aromatic carbocycles. The van der Waals surface area contributed by atoms with Crippen LogP contribution in [0.5, 0.6) is 0 Å². The molecular weight excluding hydrogens is 260 g/mol. The third-order valence-electron chi connectivity index (χ3n) is 3.74. The lowest BCUT2D eigenvalue weighted by atomic mass is 10.1. The van der Waals surface area contributed by atoms with Crippen molar-refractivity contribution in [3.63, 3.8) is 0 Å². The van der Waals surface area contributed by atoms with Crippen molar-refractivity contribution in [2.24, 2.45) is 5.73 Å². The maximum Gasteiger partial charge on any atom is 0.243 e. The molecule has 0 aromatic heterocycles. The maximum atomic E-state index is 12.6. The minimum atomic E-state index is -3.34. The first kappa shape index (κ1) is 14.5. The number of hydrogen-bond acceptors (Lipinski definition) is 3. The van der Waals surface area contributed by atoms with Crippen molar-refractivity contribution >= 4 is 10.0 Å². The van der Waals surface area contributed by atoms with E-state index < -0.39 is 10.0 Å². The monoisotopic (exact) mass is 282 g/mol. The Morgan fingerprint density at radius 2 is 1.79 bits per heavy atom. The Balaban J connectivity index is 2.30. The number of rotatable bonds is 3. The predicted octanol–water partition coefficient (Wildman–Crippen LogP) is 2.02. The molecule has 106 valence electrons. The normalized spacial score (nSPS) is 18.2. The minimum absolute atomic E-state index is 0.393. The molecule has 1 heterocycles. The van der Waals surface area contributed by atoms with E-state index in [0.717, 1.165) is 36.8 Å². The summed E-state index contributed by atoms with van der Waals surface area (Å²) in [4.78, 5) is 0.393. The highest BCUT2D eigenvalue weighted by Crippen LogP contribution is 2.22. The van der Waals surface area contributed by atoms with Gasteiger partial charge in [-0.1, -0.05) is 18.9 Å². The molecule has 1 aromatic rings. The van der Waals surface area contributed by atoms with E-state index >= 15 is 0 Å². The molecule has 0 saturated carbocycles. The zero-order valence-corrected chi connectivity index (χ0v) is 12.2. The van der Waals surface area contributed by atoms with Crippen LogP contribution >= 0.6 is 0 Å². The molecule has 0 aliphatic carbocycles. The molecule has 0 bridgehead atoms. The SMILES string of the molecule is Cc1cc(S(=O)(=O)N2CCCCCC2)ccc1CN. The van der Waals surface area contributed by atoms with Crippen LogP contribution in [0.15, 0.2) is 23.1 Å². The third kappa shape index (κ3) is 3.16. The van der Waals surface area contributed by atoms with Crippen LogP contribution in [-0.2, 0) is 16.6 Å². The van der Waals surface area contributed by atoms with E-state index in [2.05, 4.69) is 0 Å². The van der Waals surface area contributed by atoms with E-state index in [9.17, 15) is 8.42 Å². The minimum Gasteiger partial charge on any atom is -0.326 e. The summed E-state index contributed by atoms with van der Waals surface area (Å²) < 4.78 is 26.8. The van der Waals surface area contributed by atoms with Crippen molar-refractivity contribution < 1.29 is 8.42 Å². The van der Waals surface area contributed by atoms with Crippen LogP contribution in [0.2, 0.25) is 0 Å².